The topological polar surface area (TPSA) is 58.2 Å². The van der Waals surface area contributed by atoms with E-state index in [0.717, 1.165) is 17.7 Å². The van der Waals surface area contributed by atoms with E-state index >= 15 is 0 Å². The molecule has 0 spiro atoms. The smallest absolute Gasteiger partial charge is 0.350 e. The molecule has 0 radical (unpaired) electrons. The Hall–Kier alpha value is -2.83. The van der Waals surface area contributed by atoms with Gasteiger partial charge < -0.3 is 10.6 Å². The van der Waals surface area contributed by atoms with Gasteiger partial charge in [0.25, 0.3) is 5.91 Å². The van der Waals surface area contributed by atoms with Crippen molar-refractivity contribution in [3.63, 3.8) is 0 Å². The van der Waals surface area contributed by atoms with Gasteiger partial charge in [-0.3, -0.25) is 9.59 Å². The second-order valence-corrected chi connectivity index (χ2v) is 5.53. The van der Waals surface area contributed by atoms with Crippen LogP contribution in [0.4, 0.5) is 13.2 Å². The Morgan fingerprint density at radius 3 is 2.40 bits per heavy atom. The molecular formula is C18H17F3N2O2. The first-order valence-corrected chi connectivity index (χ1v) is 7.53. The van der Waals surface area contributed by atoms with E-state index in [1.807, 2.05) is 13.0 Å². The molecule has 0 unspecified atom stereocenters. The SMILES string of the molecule is Cc1cccc(C(=O)NCC(=O)NCc2cccc(C(F)(F)F)c2)c1. The number of halogens is 3. The van der Waals surface area contributed by atoms with Gasteiger partial charge in [-0.1, -0.05) is 29.8 Å². The molecule has 0 saturated carbocycles. The summed E-state index contributed by atoms with van der Waals surface area (Å²) in [6.07, 6.45) is -4.43. The number of alkyl halides is 3. The van der Waals surface area contributed by atoms with Crippen LogP contribution in [0.3, 0.4) is 0 Å². The molecule has 2 amide bonds. The molecule has 132 valence electrons. The molecule has 2 aromatic carbocycles. The fraction of sp³-hybridized carbons (Fsp3) is 0.222. The molecule has 0 saturated heterocycles. The first kappa shape index (κ1) is 18.5. The highest BCUT2D eigenvalue weighted by molar-refractivity contribution is 5.96. The lowest BCUT2D eigenvalue weighted by Crippen LogP contribution is -2.36. The molecule has 4 nitrogen and oxygen atoms in total. The highest BCUT2D eigenvalue weighted by atomic mass is 19.4. The van der Waals surface area contributed by atoms with E-state index in [2.05, 4.69) is 10.6 Å². The number of rotatable bonds is 5. The average molecular weight is 350 g/mol. The quantitative estimate of drug-likeness (QED) is 0.871. The predicted molar refractivity (Wildman–Crippen MR) is 86.8 cm³/mol. The van der Waals surface area contributed by atoms with E-state index in [1.165, 1.54) is 12.1 Å². The zero-order chi connectivity index (χ0) is 18.4. The summed E-state index contributed by atoms with van der Waals surface area (Å²) in [5.41, 5.74) is 0.910. The normalized spacial score (nSPS) is 11.0. The van der Waals surface area contributed by atoms with Gasteiger partial charge in [-0.05, 0) is 36.8 Å². The maximum Gasteiger partial charge on any atom is 0.416 e. The summed E-state index contributed by atoms with van der Waals surface area (Å²) >= 11 is 0. The van der Waals surface area contributed by atoms with Gasteiger partial charge in [0, 0.05) is 12.1 Å². The Kier molecular flexibility index (Phi) is 5.80. The van der Waals surface area contributed by atoms with Gasteiger partial charge in [0.15, 0.2) is 0 Å². The lowest BCUT2D eigenvalue weighted by molar-refractivity contribution is -0.137. The van der Waals surface area contributed by atoms with Crippen LogP contribution in [-0.4, -0.2) is 18.4 Å². The van der Waals surface area contributed by atoms with Crippen LogP contribution in [0.25, 0.3) is 0 Å². The van der Waals surface area contributed by atoms with Crippen molar-refractivity contribution in [2.75, 3.05) is 6.54 Å². The third-order valence-corrected chi connectivity index (χ3v) is 3.43. The zero-order valence-corrected chi connectivity index (χ0v) is 13.5. The predicted octanol–water partition coefficient (Wildman–Crippen LogP) is 3.06. The number of amides is 2. The summed E-state index contributed by atoms with van der Waals surface area (Å²) in [7, 11) is 0. The minimum Gasteiger partial charge on any atom is -0.350 e. The van der Waals surface area contributed by atoms with Crippen LogP contribution in [-0.2, 0) is 17.5 Å². The molecule has 0 aliphatic heterocycles. The summed E-state index contributed by atoms with van der Waals surface area (Å²) in [5, 5.41) is 4.94. The lowest BCUT2D eigenvalue weighted by atomic mass is 10.1. The van der Waals surface area contributed by atoms with E-state index in [1.54, 1.807) is 18.2 Å². The standard InChI is InChI=1S/C18H17F3N2O2/c1-12-4-2-6-14(8-12)17(25)23-11-16(24)22-10-13-5-3-7-15(9-13)18(19,20)21/h2-9H,10-11H2,1H3,(H,22,24)(H,23,25). The van der Waals surface area contributed by atoms with E-state index < -0.39 is 23.6 Å². The Bertz CT molecular complexity index is 773. The average Bonchev–Trinajstić information content (AvgIpc) is 2.57. The molecule has 0 fully saturated rings. The lowest BCUT2D eigenvalue weighted by Gasteiger charge is -2.10. The minimum atomic E-state index is -4.43. The van der Waals surface area contributed by atoms with Crippen molar-refractivity contribution in [2.45, 2.75) is 19.6 Å². The summed E-state index contributed by atoms with van der Waals surface area (Å²) in [4.78, 5) is 23.7. The Morgan fingerprint density at radius 2 is 1.72 bits per heavy atom. The molecule has 2 N–H and O–H groups in total. The number of hydrogen-bond donors (Lipinski definition) is 2. The fourth-order valence-corrected chi connectivity index (χ4v) is 2.17. The Morgan fingerprint density at radius 1 is 1.00 bits per heavy atom. The molecule has 0 bridgehead atoms. The van der Waals surface area contributed by atoms with Crippen LogP contribution >= 0.6 is 0 Å². The molecule has 7 heteroatoms. The maximum absolute atomic E-state index is 12.6. The highest BCUT2D eigenvalue weighted by Gasteiger charge is 2.30. The van der Waals surface area contributed by atoms with Crippen LogP contribution in [0.15, 0.2) is 48.5 Å². The van der Waals surface area contributed by atoms with E-state index in [4.69, 9.17) is 0 Å². The van der Waals surface area contributed by atoms with Crippen molar-refractivity contribution in [3.05, 3.63) is 70.8 Å². The number of aryl methyl sites for hydroxylation is 1. The number of benzene rings is 2. The van der Waals surface area contributed by atoms with Crippen molar-refractivity contribution in [1.82, 2.24) is 10.6 Å². The van der Waals surface area contributed by atoms with Crippen molar-refractivity contribution in [3.8, 4) is 0 Å². The van der Waals surface area contributed by atoms with Gasteiger partial charge in [-0.25, -0.2) is 0 Å². The fourth-order valence-electron chi connectivity index (χ4n) is 2.17. The molecule has 0 aromatic heterocycles. The molecule has 2 aromatic rings. The molecule has 2 rings (SSSR count). The van der Waals surface area contributed by atoms with Crippen LogP contribution in [0.5, 0.6) is 0 Å². The van der Waals surface area contributed by atoms with E-state index in [9.17, 15) is 22.8 Å². The summed E-state index contributed by atoms with van der Waals surface area (Å²) < 4.78 is 37.9. The van der Waals surface area contributed by atoms with Gasteiger partial charge in [0.1, 0.15) is 0 Å². The second kappa shape index (κ2) is 7.83. The monoisotopic (exact) mass is 350 g/mol. The van der Waals surface area contributed by atoms with Crippen LogP contribution < -0.4 is 10.6 Å². The summed E-state index contributed by atoms with van der Waals surface area (Å²) in [6.45, 7) is 1.54. The van der Waals surface area contributed by atoms with Crippen molar-refractivity contribution >= 4 is 11.8 Å². The number of hydrogen-bond acceptors (Lipinski definition) is 2. The van der Waals surface area contributed by atoms with E-state index in [-0.39, 0.29) is 13.1 Å². The van der Waals surface area contributed by atoms with Crippen LogP contribution in [0.1, 0.15) is 27.0 Å². The highest BCUT2D eigenvalue weighted by Crippen LogP contribution is 2.29. The Labute approximate surface area is 143 Å². The summed E-state index contributed by atoms with van der Waals surface area (Å²) in [6, 6.07) is 11.6. The van der Waals surface area contributed by atoms with Crippen LogP contribution in [0, 0.1) is 6.92 Å². The molecular weight excluding hydrogens is 333 g/mol. The first-order valence-electron chi connectivity index (χ1n) is 7.53. The maximum atomic E-state index is 12.6. The molecule has 0 aliphatic carbocycles. The van der Waals surface area contributed by atoms with Crippen molar-refractivity contribution in [1.29, 1.82) is 0 Å². The first-order chi connectivity index (χ1) is 11.8. The van der Waals surface area contributed by atoms with Gasteiger partial charge in [0.05, 0.1) is 12.1 Å². The third kappa shape index (κ3) is 5.63. The van der Waals surface area contributed by atoms with Gasteiger partial charge >= 0.3 is 6.18 Å². The molecule has 0 aliphatic rings. The van der Waals surface area contributed by atoms with Gasteiger partial charge in [-0.15, -0.1) is 0 Å². The zero-order valence-electron chi connectivity index (χ0n) is 13.5. The molecule has 25 heavy (non-hydrogen) atoms. The van der Waals surface area contributed by atoms with Crippen molar-refractivity contribution < 1.29 is 22.8 Å². The van der Waals surface area contributed by atoms with Crippen molar-refractivity contribution in [2.24, 2.45) is 0 Å². The van der Waals surface area contributed by atoms with Crippen LogP contribution in [0.2, 0.25) is 0 Å². The molecule has 0 atom stereocenters. The second-order valence-electron chi connectivity index (χ2n) is 5.53. The number of nitrogens with one attached hydrogen (secondary N) is 2. The summed E-state index contributed by atoms with van der Waals surface area (Å²) in [5.74, 6) is -0.878. The molecule has 0 heterocycles. The number of carbonyl (C=O) groups is 2. The van der Waals surface area contributed by atoms with E-state index in [0.29, 0.717) is 11.1 Å². The van der Waals surface area contributed by atoms with Gasteiger partial charge in [0.2, 0.25) is 5.91 Å². The van der Waals surface area contributed by atoms with Gasteiger partial charge in [-0.2, -0.15) is 13.2 Å². The largest absolute Gasteiger partial charge is 0.416 e. The Balaban J connectivity index is 1.84. The third-order valence-electron chi connectivity index (χ3n) is 3.43. The minimum absolute atomic E-state index is 0.0525. The number of carbonyl (C=O) groups excluding carboxylic acids is 2.